The fourth-order valence-corrected chi connectivity index (χ4v) is 3.51. The fraction of sp³-hybridized carbons (Fsp3) is 0.125. The molecule has 0 spiro atoms. The maximum atomic E-state index is 13.3. The van der Waals surface area contributed by atoms with E-state index in [1.807, 2.05) is 30.3 Å². The Kier molecular flexibility index (Phi) is 5.75. The van der Waals surface area contributed by atoms with Gasteiger partial charge < -0.3 is 10.1 Å². The van der Waals surface area contributed by atoms with Gasteiger partial charge in [-0.2, -0.15) is 0 Å². The van der Waals surface area contributed by atoms with Gasteiger partial charge in [-0.1, -0.05) is 30.3 Å². The average molecular weight is 418 g/mol. The number of carbonyl (C=O) groups excluding carboxylic acids is 2. The van der Waals surface area contributed by atoms with Crippen molar-refractivity contribution in [2.24, 2.45) is 0 Å². The van der Waals surface area contributed by atoms with Crippen LogP contribution >= 0.6 is 0 Å². The second-order valence-corrected chi connectivity index (χ2v) is 7.10. The lowest BCUT2D eigenvalue weighted by Gasteiger charge is -2.14. The number of hydrogen-bond acceptors (Lipinski definition) is 3. The first-order valence-electron chi connectivity index (χ1n) is 9.74. The monoisotopic (exact) mass is 418 g/mol. The van der Waals surface area contributed by atoms with Crippen molar-refractivity contribution in [2.75, 3.05) is 7.11 Å². The predicted molar refractivity (Wildman–Crippen MR) is 113 cm³/mol. The first-order valence-corrected chi connectivity index (χ1v) is 9.74. The molecule has 2 atom stereocenters. The molecule has 0 radical (unpaired) electrons. The van der Waals surface area contributed by atoms with Crippen molar-refractivity contribution in [1.29, 1.82) is 0 Å². The molecule has 31 heavy (non-hydrogen) atoms. The van der Waals surface area contributed by atoms with Crippen LogP contribution in [0.1, 0.15) is 27.5 Å². The van der Waals surface area contributed by atoms with E-state index in [-0.39, 0.29) is 17.6 Å². The van der Waals surface area contributed by atoms with Gasteiger partial charge in [0.05, 0.1) is 7.11 Å². The Morgan fingerprint density at radius 2 is 1.71 bits per heavy atom. The van der Waals surface area contributed by atoms with Gasteiger partial charge in [0, 0.05) is 16.7 Å². The van der Waals surface area contributed by atoms with Gasteiger partial charge in [0.15, 0.2) is 6.04 Å². The quantitative estimate of drug-likeness (QED) is 0.626. The van der Waals surface area contributed by atoms with Crippen LogP contribution in [0, 0.1) is 5.82 Å². The third-order valence-corrected chi connectivity index (χ3v) is 5.08. The summed E-state index contributed by atoms with van der Waals surface area (Å²) in [6.45, 7) is 0. The lowest BCUT2D eigenvalue weighted by atomic mass is 10.00. The molecule has 1 aliphatic heterocycles. The maximum Gasteiger partial charge on any atom is 0.304 e. The van der Waals surface area contributed by atoms with Crippen molar-refractivity contribution in [3.63, 3.8) is 0 Å². The number of hydrazine groups is 1. The standard InChI is InChI=1S/C24H20FN3O3/c1-31-20-13-9-18(10-14-20)23(29)26-21-22(17-5-3-2-4-6-17)28(27-24(21)30)15-16-7-11-19(25)12-8-16/h2-15,21-22H,1H3,(H-,26,27,29,30)/p+1/b28-15-/t21-,22-/m0/s1. The van der Waals surface area contributed by atoms with Crippen molar-refractivity contribution in [2.45, 2.75) is 12.1 Å². The maximum absolute atomic E-state index is 13.3. The molecule has 1 fully saturated rings. The molecule has 0 aromatic heterocycles. The minimum absolute atomic E-state index is 0.339. The van der Waals surface area contributed by atoms with Crippen molar-refractivity contribution >= 4 is 18.0 Å². The first kappa shape index (κ1) is 20.3. The molecule has 1 heterocycles. The summed E-state index contributed by atoms with van der Waals surface area (Å²) in [6.07, 6.45) is 1.72. The Bertz CT molecular complexity index is 1110. The molecule has 0 bridgehead atoms. The summed E-state index contributed by atoms with van der Waals surface area (Å²) >= 11 is 0. The highest BCUT2D eigenvalue weighted by molar-refractivity contribution is 5.98. The van der Waals surface area contributed by atoms with Crippen LogP contribution in [0.2, 0.25) is 0 Å². The molecule has 1 aliphatic rings. The van der Waals surface area contributed by atoms with Crippen LogP contribution in [0.25, 0.3) is 0 Å². The number of methoxy groups -OCH3 is 1. The number of hydrogen-bond donors (Lipinski definition) is 2. The molecule has 0 saturated carbocycles. The number of benzene rings is 3. The second kappa shape index (κ2) is 8.79. The SMILES string of the molecule is COc1ccc(C(=O)N[C@@H]2C(=O)N/[N+](=C\c3ccc(F)cc3)[C@H]2c2ccccc2)cc1. The zero-order chi connectivity index (χ0) is 21.8. The van der Waals surface area contributed by atoms with E-state index in [0.717, 1.165) is 5.56 Å². The van der Waals surface area contributed by atoms with Crippen molar-refractivity contribution in [1.82, 2.24) is 10.7 Å². The molecule has 1 saturated heterocycles. The number of nitrogens with one attached hydrogen (secondary N) is 2. The van der Waals surface area contributed by atoms with Crippen LogP contribution < -0.4 is 15.5 Å². The molecule has 2 amide bonds. The zero-order valence-corrected chi connectivity index (χ0v) is 16.8. The van der Waals surface area contributed by atoms with Crippen molar-refractivity contribution in [3.05, 3.63) is 101 Å². The summed E-state index contributed by atoms with van der Waals surface area (Å²) in [5.41, 5.74) is 4.78. The van der Waals surface area contributed by atoms with Crippen LogP contribution in [0.3, 0.4) is 0 Å². The number of rotatable bonds is 5. The minimum Gasteiger partial charge on any atom is -0.497 e. The summed E-state index contributed by atoms with van der Waals surface area (Å²) in [5, 5.41) is 2.84. The van der Waals surface area contributed by atoms with Gasteiger partial charge in [-0.15, -0.1) is 10.1 Å². The van der Waals surface area contributed by atoms with Gasteiger partial charge in [0.1, 0.15) is 11.6 Å². The van der Waals surface area contributed by atoms with Gasteiger partial charge >= 0.3 is 5.91 Å². The van der Waals surface area contributed by atoms with Gasteiger partial charge in [-0.05, 0) is 48.5 Å². The average Bonchev–Trinajstić information content (AvgIpc) is 3.10. The largest absolute Gasteiger partial charge is 0.497 e. The number of nitrogens with zero attached hydrogens (tertiary/aromatic N) is 1. The van der Waals surface area contributed by atoms with Crippen LogP contribution in [-0.4, -0.2) is 35.9 Å². The molecular weight excluding hydrogens is 397 g/mol. The van der Waals surface area contributed by atoms with Crippen LogP contribution in [0.5, 0.6) is 5.75 Å². The number of carbonyl (C=O) groups is 2. The summed E-state index contributed by atoms with van der Waals surface area (Å²) in [5.74, 6) is -0.411. The Morgan fingerprint density at radius 3 is 2.35 bits per heavy atom. The highest BCUT2D eigenvalue weighted by atomic mass is 19.1. The van der Waals surface area contributed by atoms with E-state index in [1.165, 1.54) is 12.1 Å². The Morgan fingerprint density at radius 1 is 1.03 bits per heavy atom. The Hall–Kier alpha value is -4.00. The molecular formula is C24H21FN3O3+. The summed E-state index contributed by atoms with van der Waals surface area (Å²) in [6, 6.07) is 20.7. The van der Waals surface area contributed by atoms with E-state index < -0.39 is 12.1 Å². The molecule has 0 aliphatic carbocycles. The summed E-state index contributed by atoms with van der Waals surface area (Å²) in [7, 11) is 1.55. The predicted octanol–water partition coefficient (Wildman–Crippen LogP) is 2.85. The lowest BCUT2D eigenvalue weighted by Crippen LogP contribution is -2.42. The topological polar surface area (TPSA) is 70.4 Å². The molecule has 6 nitrogen and oxygen atoms in total. The molecule has 4 rings (SSSR count). The van der Waals surface area contributed by atoms with Crippen LogP contribution in [0.4, 0.5) is 4.39 Å². The van der Waals surface area contributed by atoms with Crippen LogP contribution in [-0.2, 0) is 4.79 Å². The molecule has 2 N–H and O–H groups in total. The molecule has 0 unspecified atom stereocenters. The van der Waals surface area contributed by atoms with E-state index in [2.05, 4.69) is 10.7 Å². The highest BCUT2D eigenvalue weighted by Crippen LogP contribution is 2.25. The highest BCUT2D eigenvalue weighted by Gasteiger charge is 2.47. The molecule has 3 aromatic carbocycles. The van der Waals surface area contributed by atoms with E-state index >= 15 is 0 Å². The molecule has 3 aromatic rings. The lowest BCUT2D eigenvalue weighted by molar-refractivity contribution is -0.596. The minimum atomic E-state index is -0.825. The molecule has 156 valence electrons. The Balaban J connectivity index is 1.65. The number of ether oxygens (including phenoxy) is 1. The van der Waals surface area contributed by atoms with Gasteiger partial charge in [-0.25, -0.2) is 4.39 Å². The number of amides is 2. The second-order valence-electron chi connectivity index (χ2n) is 7.10. The fourth-order valence-electron chi connectivity index (χ4n) is 3.51. The summed E-state index contributed by atoms with van der Waals surface area (Å²) in [4.78, 5) is 25.6. The van der Waals surface area contributed by atoms with E-state index in [1.54, 1.807) is 54.4 Å². The van der Waals surface area contributed by atoms with Crippen LogP contribution in [0.15, 0.2) is 78.9 Å². The normalized spacial score (nSPS) is 19.2. The van der Waals surface area contributed by atoms with E-state index in [4.69, 9.17) is 4.74 Å². The third kappa shape index (κ3) is 4.45. The molecule has 7 heteroatoms. The third-order valence-electron chi connectivity index (χ3n) is 5.08. The van der Waals surface area contributed by atoms with E-state index in [9.17, 15) is 14.0 Å². The first-order chi connectivity index (χ1) is 15.0. The smallest absolute Gasteiger partial charge is 0.304 e. The summed E-state index contributed by atoms with van der Waals surface area (Å²) < 4.78 is 20.0. The van der Waals surface area contributed by atoms with E-state index in [0.29, 0.717) is 16.9 Å². The number of halogens is 1. The van der Waals surface area contributed by atoms with Gasteiger partial charge in [0.25, 0.3) is 5.91 Å². The van der Waals surface area contributed by atoms with Gasteiger partial charge in [-0.3, -0.25) is 9.59 Å². The zero-order valence-electron chi connectivity index (χ0n) is 16.8. The van der Waals surface area contributed by atoms with Gasteiger partial charge in [0.2, 0.25) is 12.3 Å². The Labute approximate surface area is 179 Å². The number of hydrazone groups is 1. The van der Waals surface area contributed by atoms with Crippen molar-refractivity contribution in [3.8, 4) is 5.75 Å². The van der Waals surface area contributed by atoms with Crippen molar-refractivity contribution < 1.29 is 23.4 Å².